The number of halogens is 1. The molecule has 2 aliphatic rings. The number of ether oxygens (including phenoxy) is 1. The molecule has 1 saturated heterocycles. The average molecular weight is 397 g/mol. The second-order valence-corrected chi connectivity index (χ2v) is 9.25. The molecular weight excluding hydrogens is 368 g/mol. The summed E-state index contributed by atoms with van der Waals surface area (Å²) in [5, 5.41) is 0. The van der Waals surface area contributed by atoms with E-state index in [9.17, 15) is 9.18 Å². The highest BCUT2D eigenvalue weighted by atomic mass is 19.1. The summed E-state index contributed by atoms with van der Waals surface area (Å²) in [6.45, 7) is 7.06. The third-order valence-electron chi connectivity index (χ3n) is 5.72. The molecule has 0 unspecified atom stereocenters. The van der Waals surface area contributed by atoms with E-state index in [2.05, 4.69) is 12.4 Å². The molecule has 2 heterocycles. The number of rotatable bonds is 3. The number of benzene rings is 1. The monoisotopic (exact) mass is 397 g/mol. The summed E-state index contributed by atoms with van der Waals surface area (Å²) in [4.78, 5) is 19.2. The number of likely N-dealkylation sites (tertiary alicyclic amines) is 1. The molecule has 1 amide bonds. The van der Waals surface area contributed by atoms with E-state index in [0.29, 0.717) is 25.0 Å². The van der Waals surface area contributed by atoms with Crippen LogP contribution >= 0.6 is 0 Å². The summed E-state index contributed by atoms with van der Waals surface area (Å²) in [5.41, 5.74) is 2.56. The third-order valence-corrected chi connectivity index (χ3v) is 5.72. The first-order valence-corrected chi connectivity index (χ1v) is 10.6. The topological polar surface area (TPSA) is 47.4 Å². The van der Waals surface area contributed by atoms with Gasteiger partial charge in [0.2, 0.25) is 0 Å². The van der Waals surface area contributed by atoms with Gasteiger partial charge in [-0.2, -0.15) is 0 Å². The fourth-order valence-electron chi connectivity index (χ4n) is 4.14. The van der Waals surface area contributed by atoms with Gasteiger partial charge in [-0.05, 0) is 76.3 Å². The van der Waals surface area contributed by atoms with Crippen LogP contribution in [0, 0.1) is 5.82 Å². The van der Waals surface area contributed by atoms with Crippen LogP contribution in [0.15, 0.2) is 24.3 Å². The SMILES string of the molecule is Bc1c(-c2ccc(F)cc2)nc(C2CC2)n1C1CCN(C(=O)OC(C)(C)C)CC1. The van der Waals surface area contributed by atoms with Crippen LogP contribution in [0.5, 0.6) is 0 Å². The van der Waals surface area contributed by atoms with Gasteiger partial charge in [0, 0.05) is 30.6 Å². The zero-order valence-electron chi connectivity index (χ0n) is 17.7. The Morgan fingerprint density at radius 2 is 1.76 bits per heavy atom. The van der Waals surface area contributed by atoms with Gasteiger partial charge in [0.05, 0.1) is 5.69 Å². The van der Waals surface area contributed by atoms with Gasteiger partial charge in [-0.3, -0.25) is 0 Å². The molecule has 1 aliphatic carbocycles. The molecule has 2 fully saturated rings. The van der Waals surface area contributed by atoms with E-state index in [0.717, 1.165) is 35.5 Å². The van der Waals surface area contributed by atoms with Crippen LogP contribution in [0.3, 0.4) is 0 Å². The van der Waals surface area contributed by atoms with Crippen LogP contribution in [-0.4, -0.2) is 47.1 Å². The molecule has 7 heteroatoms. The molecule has 0 spiro atoms. The van der Waals surface area contributed by atoms with Crippen molar-refractivity contribution in [1.29, 1.82) is 0 Å². The number of amides is 1. The first-order chi connectivity index (χ1) is 13.7. The minimum absolute atomic E-state index is 0.229. The Labute approximate surface area is 172 Å². The summed E-state index contributed by atoms with van der Waals surface area (Å²) in [7, 11) is 2.11. The van der Waals surface area contributed by atoms with E-state index < -0.39 is 5.60 Å². The quantitative estimate of drug-likeness (QED) is 0.746. The Morgan fingerprint density at radius 3 is 2.31 bits per heavy atom. The standard InChI is InChI=1S/C22H29BFN3O2/c1-22(2,3)29-21(28)26-12-10-17(11-13-26)27-19(23)18(25-20(27)15-4-5-15)14-6-8-16(24)9-7-14/h6-9,15,17H,4-5,10-13,23H2,1-3H3. The van der Waals surface area contributed by atoms with Gasteiger partial charge in [-0.15, -0.1) is 0 Å². The van der Waals surface area contributed by atoms with Gasteiger partial charge >= 0.3 is 6.09 Å². The maximum absolute atomic E-state index is 13.4. The van der Waals surface area contributed by atoms with Gasteiger partial charge in [0.15, 0.2) is 7.85 Å². The molecular formula is C22H29BFN3O2. The highest BCUT2D eigenvalue weighted by Gasteiger charge is 2.35. The lowest BCUT2D eigenvalue weighted by Gasteiger charge is -2.35. The number of imidazole rings is 1. The van der Waals surface area contributed by atoms with Crippen LogP contribution in [-0.2, 0) is 4.74 Å². The van der Waals surface area contributed by atoms with Crippen LogP contribution in [0.1, 0.15) is 64.2 Å². The van der Waals surface area contributed by atoms with Crippen molar-refractivity contribution in [3.05, 3.63) is 35.9 Å². The van der Waals surface area contributed by atoms with Gasteiger partial charge in [-0.25, -0.2) is 14.2 Å². The fraction of sp³-hybridized carbons (Fsp3) is 0.545. The lowest BCUT2D eigenvalue weighted by molar-refractivity contribution is 0.0188. The van der Waals surface area contributed by atoms with E-state index in [1.165, 1.54) is 25.0 Å². The number of piperidine rings is 1. The largest absolute Gasteiger partial charge is 0.444 e. The molecule has 1 saturated carbocycles. The van der Waals surface area contributed by atoms with Crippen LogP contribution < -0.4 is 5.59 Å². The van der Waals surface area contributed by atoms with Crippen molar-refractivity contribution in [2.75, 3.05) is 13.1 Å². The van der Waals surface area contributed by atoms with Crippen molar-refractivity contribution in [1.82, 2.24) is 14.5 Å². The molecule has 4 rings (SSSR count). The zero-order valence-corrected chi connectivity index (χ0v) is 17.7. The molecule has 29 heavy (non-hydrogen) atoms. The summed E-state index contributed by atoms with van der Waals surface area (Å²) in [6.07, 6.45) is 3.90. The Morgan fingerprint density at radius 1 is 1.14 bits per heavy atom. The molecule has 0 atom stereocenters. The molecule has 0 N–H and O–H groups in total. The number of aromatic nitrogens is 2. The first-order valence-electron chi connectivity index (χ1n) is 10.6. The Hall–Kier alpha value is -2.31. The van der Waals surface area contributed by atoms with E-state index in [1.807, 2.05) is 25.7 Å². The Kier molecular flexibility index (Phi) is 5.17. The fourth-order valence-corrected chi connectivity index (χ4v) is 4.14. The van der Waals surface area contributed by atoms with Crippen molar-refractivity contribution in [2.24, 2.45) is 0 Å². The van der Waals surface area contributed by atoms with Crippen molar-refractivity contribution < 1.29 is 13.9 Å². The number of carbonyl (C=O) groups is 1. The summed E-state index contributed by atoms with van der Waals surface area (Å²) in [6, 6.07) is 6.91. The van der Waals surface area contributed by atoms with E-state index in [1.54, 1.807) is 12.1 Å². The van der Waals surface area contributed by atoms with Gasteiger partial charge in [0.25, 0.3) is 0 Å². The van der Waals surface area contributed by atoms with Crippen molar-refractivity contribution in [2.45, 2.75) is 64.0 Å². The van der Waals surface area contributed by atoms with Gasteiger partial charge in [-0.1, -0.05) is 0 Å². The molecule has 1 aliphatic heterocycles. The predicted octanol–water partition coefficient (Wildman–Crippen LogP) is 3.40. The minimum atomic E-state index is -0.474. The molecule has 154 valence electrons. The molecule has 0 radical (unpaired) electrons. The summed E-state index contributed by atoms with van der Waals surface area (Å²) < 4.78 is 21.3. The maximum Gasteiger partial charge on any atom is 0.410 e. The third kappa shape index (κ3) is 4.33. The van der Waals surface area contributed by atoms with Gasteiger partial charge < -0.3 is 14.2 Å². The average Bonchev–Trinajstić information content (AvgIpc) is 3.45. The van der Waals surface area contributed by atoms with Crippen LogP contribution in [0.25, 0.3) is 11.3 Å². The first kappa shape index (κ1) is 20.0. The smallest absolute Gasteiger partial charge is 0.410 e. The second kappa shape index (κ2) is 7.50. The van der Waals surface area contributed by atoms with Gasteiger partial charge in [0.1, 0.15) is 17.2 Å². The number of nitrogens with zero attached hydrogens (tertiary/aromatic N) is 3. The summed E-state index contributed by atoms with van der Waals surface area (Å²) >= 11 is 0. The highest BCUT2D eigenvalue weighted by molar-refractivity contribution is 6.34. The Bertz CT molecular complexity index is 892. The number of hydrogen-bond donors (Lipinski definition) is 0. The predicted molar refractivity (Wildman–Crippen MR) is 114 cm³/mol. The molecule has 2 aromatic rings. The van der Waals surface area contributed by atoms with Crippen molar-refractivity contribution >= 4 is 19.5 Å². The molecule has 1 aromatic heterocycles. The maximum atomic E-state index is 13.4. The van der Waals surface area contributed by atoms with Crippen LogP contribution in [0.4, 0.5) is 9.18 Å². The lowest BCUT2D eigenvalue weighted by atomic mass is 9.95. The normalized spacial score (nSPS) is 18.1. The minimum Gasteiger partial charge on any atom is -0.444 e. The second-order valence-electron chi connectivity index (χ2n) is 9.25. The zero-order chi connectivity index (χ0) is 20.8. The molecule has 0 bridgehead atoms. The lowest BCUT2D eigenvalue weighted by Crippen LogP contribution is -2.43. The number of hydrogen-bond acceptors (Lipinski definition) is 3. The van der Waals surface area contributed by atoms with E-state index in [-0.39, 0.29) is 11.9 Å². The molecule has 1 aromatic carbocycles. The van der Waals surface area contributed by atoms with Crippen molar-refractivity contribution in [3.8, 4) is 11.3 Å². The van der Waals surface area contributed by atoms with E-state index in [4.69, 9.17) is 9.72 Å². The summed E-state index contributed by atoms with van der Waals surface area (Å²) in [5.74, 6) is 1.44. The highest BCUT2D eigenvalue weighted by Crippen LogP contribution is 2.41. The Balaban J connectivity index is 1.55. The van der Waals surface area contributed by atoms with Crippen LogP contribution in [0.2, 0.25) is 0 Å². The van der Waals surface area contributed by atoms with E-state index >= 15 is 0 Å². The number of carbonyl (C=O) groups excluding carboxylic acids is 1. The molecule has 5 nitrogen and oxygen atoms in total. The van der Waals surface area contributed by atoms with Crippen molar-refractivity contribution in [3.63, 3.8) is 0 Å².